The van der Waals surface area contributed by atoms with Crippen LogP contribution in [0.25, 0.3) is 0 Å². The minimum atomic E-state index is -0.191. The summed E-state index contributed by atoms with van der Waals surface area (Å²) in [7, 11) is 0. The molecule has 1 N–H and O–H groups in total. The highest BCUT2D eigenvalue weighted by Gasteiger charge is 2.61. The normalized spacial score (nSPS) is 27.7. The highest BCUT2D eigenvalue weighted by Crippen LogP contribution is 2.61. The summed E-state index contributed by atoms with van der Waals surface area (Å²) in [5.74, 6) is 1.07. The summed E-state index contributed by atoms with van der Waals surface area (Å²) < 4.78 is 5.69. The van der Waals surface area contributed by atoms with Crippen molar-refractivity contribution in [2.45, 2.75) is 44.6 Å². The molecule has 1 heterocycles. The fourth-order valence-electron chi connectivity index (χ4n) is 3.17. The molecule has 20 heavy (non-hydrogen) atoms. The van der Waals surface area contributed by atoms with Gasteiger partial charge in [-0.1, -0.05) is 11.6 Å². The Bertz CT molecular complexity index is 564. The quantitative estimate of drug-likeness (QED) is 0.863. The van der Waals surface area contributed by atoms with E-state index in [0.29, 0.717) is 11.6 Å². The van der Waals surface area contributed by atoms with Crippen LogP contribution in [-0.4, -0.2) is 18.1 Å². The van der Waals surface area contributed by atoms with Crippen molar-refractivity contribution < 1.29 is 9.53 Å². The van der Waals surface area contributed by atoms with Crippen LogP contribution in [0.5, 0.6) is 5.75 Å². The van der Waals surface area contributed by atoms with Gasteiger partial charge in [-0.25, -0.2) is 0 Å². The Morgan fingerprint density at radius 1 is 1.45 bits per heavy atom. The molecular weight excluding hydrogens is 274 g/mol. The van der Waals surface area contributed by atoms with E-state index in [9.17, 15) is 4.79 Å². The number of hydrogen-bond acceptors (Lipinski definition) is 2. The molecule has 4 heteroatoms. The molecule has 0 unspecified atom stereocenters. The SMILES string of the molecule is CC(C)(C)NC(=O)[C@@H]1C[C@]12CCOc1ccc(Cl)cc12. The summed E-state index contributed by atoms with van der Waals surface area (Å²) in [6, 6.07) is 5.71. The zero-order valence-corrected chi connectivity index (χ0v) is 12.9. The van der Waals surface area contributed by atoms with Gasteiger partial charge in [-0.15, -0.1) is 0 Å². The van der Waals surface area contributed by atoms with Crippen molar-refractivity contribution in [2.75, 3.05) is 6.61 Å². The number of ether oxygens (including phenoxy) is 1. The number of hydrogen-bond donors (Lipinski definition) is 1. The molecule has 1 aliphatic carbocycles. The summed E-state index contributed by atoms with van der Waals surface area (Å²) in [5.41, 5.74) is 0.849. The second-order valence-electron chi connectivity index (χ2n) is 6.89. The largest absolute Gasteiger partial charge is 0.493 e. The number of nitrogens with one attached hydrogen (secondary N) is 1. The van der Waals surface area contributed by atoms with Crippen LogP contribution in [0.3, 0.4) is 0 Å². The van der Waals surface area contributed by atoms with Crippen LogP contribution in [0.15, 0.2) is 18.2 Å². The zero-order valence-electron chi connectivity index (χ0n) is 12.1. The predicted molar refractivity (Wildman–Crippen MR) is 79.2 cm³/mol. The van der Waals surface area contributed by atoms with E-state index in [1.807, 2.05) is 39.0 Å². The first kappa shape index (κ1) is 13.7. The Morgan fingerprint density at radius 3 is 2.90 bits per heavy atom. The molecule has 2 atom stereocenters. The van der Waals surface area contributed by atoms with E-state index in [4.69, 9.17) is 16.3 Å². The van der Waals surface area contributed by atoms with E-state index in [-0.39, 0.29) is 22.8 Å². The second-order valence-corrected chi connectivity index (χ2v) is 7.33. The van der Waals surface area contributed by atoms with E-state index in [2.05, 4.69) is 5.32 Å². The predicted octanol–water partition coefficient (Wildman–Crippen LogP) is 3.29. The number of rotatable bonds is 1. The smallest absolute Gasteiger partial charge is 0.224 e. The minimum absolute atomic E-state index is 0.0443. The molecule has 1 aromatic rings. The lowest BCUT2D eigenvalue weighted by atomic mass is 9.87. The van der Waals surface area contributed by atoms with Crippen molar-refractivity contribution in [3.05, 3.63) is 28.8 Å². The molecule has 1 aromatic carbocycles. The summed E-state index contributed by atoms with van der Waals surface area (Å²) in [6.45, 7) is 6.70. The van der Waals surface area contributed by atoms with Gasteiger partial charge in [-0.3, -0.25) is 4.79 Å². The number of fused-ring (bicyclic) bond motifs is 2. The third kappa shape index (κ3) is 2.28. The van der Waals surface area contributed by atoms with Gasteiger partial charge in [0.2, 0.25) is 5.91 Å². The van der Waals surface area contributed by atoms with Crippen LogP contribution in [0.4, 0.5) is 0 Å². The van der Waals surface area contributed by atoms with Crippen LogP contribution < -0.4 is 10.1 Å². The molecule has 1 spiro atoms. The molecule has 0 saturated heterocycles. The summed E-state index contributed by atoms with van der Waals surface area (Å²) in [6.07, 6.45) is 1.79. The highest BCUT2D eigenvalue weighted by molar-refractivity contribution is 6.30. The van der Waals surface area contributed by atoms with E-state index < -0.39 is 0 Å². The fraction of sp³-hybridized carbons (Fsp3) is 0.562. The number of carbonyl (C=O) groups excluding carboxylic acids is 1. The molecule has 0 bridgehead atoms. The van der Waals surface area contributed by atoms with Gasteiger partial charge in [-0.2, -0.15) is 0 Å². The molecule has 0 aromatic heterocycles. The molecule has 1 saturated carbocycles. The topological polar surface area (TPSA) is 38.3 Å². The number of benzene rings is 1. The highest BCUT2D eigenvalue weighted by atomic mass is 35.5. The Balaban J connectivity index is 1.87. The van der Waals surface area contributed by atoms with Crippen LogP contribution in [0.1, 0.15) is 39.2 Å². The van der Waals surface area contributed by atoms with Crippen molar-refractivity contribution >= 4 is 17.5 Å². The van der Waals surface area contributed by atoms with Crippen LogP contribution in [0.2, 0.25) is 5.02 Å². The lowest BCUT2D eigenvalue weighted by Crippen LogP contribution is -2.43. The minimum Gasteiger partial charge on any atom is -0.493 e. The molecule has 1 fully saturated rings. The maximum Gasteiger partial charge on any atom is 0.224 e. The molecule has 1 amide bonds. The molecule has 2 aliphatic rings. The third-order valence-corrected chi connectivity index (χ3v) is 4.41. The maximum absolute atomic E-state index is 12.4. The lowest BCUT2D eigenvalue weighted by molar-refractivity contribution is -0.124. The fourth-order valence-corrected chi connectivity index (χ4v) is 3.35. The average molecular weight is 294 g/mol. The van der Waals surface area contributed by atoms with Crippen LogP contribution >= 0.6 is 11.6 Å². The Kier molecular flexibility index (Phi) is 3.02. The number of amides is 1. The van der Waals surface area contributed by atoms with Crippen molar-refractivity contribution in [1.82, 2.24) is 5.32 Å². The third-order valence-electron chi connectivity index (χ3n) is 4.17. The summed E-state index contributed by atoms with van der Waals surface area (Å²) in [4.78, 5) is 12.4. The molecule has 3 nitrogen and oxygen atoms in total. The standard InChI is InChI=1S/C16H20ClNO2/c1-15(2,3)18-14(19)12-9-16(12)6-7-20-13-5-4-10(17)8-11(13)16/h4-5,8,12H,6-7,9H2,1-3H3,(H,18,19)/t12-,16-/m0/s1. The molecule has 0 radical (unpaired) electrons. The Morgan fingerprint density at radius 2 is 2.20 bits per heavy atom. The van der Waals surface area contributed by atoms with E-state index in [0.717, 1.165) is 24.2 Å². The first-order chi connectivity index (χ1) is 9.32. The second kappa shape index (κ2) is 4.39. The molecule has 1 aliphatic heterocycles. The maximum atomic E-state index is 12.4. The molecule has 108 valence electrons. The van der Waals surface area contributed by atoms with Crippen molar-refractivity contribution in [3.8, 4) is 5.75 Å². The van der Waals surface area contributed by atoms with Gasteiger partial charge in [0.15, 0.2) is 0 Å². The molecule has 3 rings (SSSR count). The van der Waals surface area contributed by atoms with E-state index in [1.54, 1.807) is 0 Å². The summed E-state index contributed by atoms with van der Waals surface area (Å²) in [5, 5.41) is 3.79. The Hall–Kier alpha value is -1.22. The zero-order chi connectivity index (χ0) is 14.5. The van der Waals surface area contributed by atoms with Gasteiger partial charge in [0.25, 0.3) is 0 Å². The summed E-state index contributed by atoms with van der Waals surface area (Å²) >= 11 is 6.11. The van der Waals surface area contributed by atoms with Crippen LogP contribution in [-0.2, 0) is 10.2 Å². The number of halogens is 1. The van der Waals surface area contributed by atoms with Crippen molar-refractivity contribution in [2.24, 2.45) is 5.92 Å². The monoisotopic (exact) mass is 293 g/mol. The number of carbonyl (C=O) groups is 1. The molecular formula is C16H20ClNO2. The average Bonchev–Trinajstić information content (AvgIpc) is 3.04. The first-order valence-corrected chi connectivity index (χ1v) is 7.44. The lowest BCUT2D eigenvalue weighted by Gasteiger charge is -2.28. The Labute approximate surface area is 124 Å². The van der Waals surface area contributed by atoms with E-state index >= 15 is 0 Å². The van der Waals surface area contributed by atoms with Gasteiger partial charge in [-0.05, 0) is 51.8 Å². The van der Waals surface area contributed by atoms with E-state index in [1.165, 1.54) is 0 Å². The van der Waals surface area contributed by atoms with Gasteiger partial charge < -0.3 is 10.1 Å². The first-order valence-electron chi connectivity index (χ1n) is 7.07. The van der Waals surface area contributed by atoms with Gasteiger partial charge >= 0.3 is 0 Å². The van der Waals surface area contributed by atoms with Gasteiger partial charge in [0.05, 0.1) is 6.61 Å². The van der Waals surface area contributed by atoms with Crippen molar-refractivity contribution in [3.63, 3.8) is 0 Å². The van der Waals surface area contributed by atoms with Gasteiger partial charge in [0.1, 0.15) is 5.75 Å². The van der Waals surface area contributed by atoms with Crippen LogP contribution in [0, 0.1) is 5.92 Å². The van der Waals surface area contributed by atoms with Gasteiger partial charge in [0, 0.05) is 27.5 Å². The van der Waals surface area contributed by atoms with Crippen molar-refractivity contribution in [1.29, 1.82) is 0 Å².